The monoisotopic (exact) mass is 526 g/mol. The topological polar surface area (TPSA) is 169 Å². The van der Waals surface area contributed by atoms with Gasteiger partial charge < -0.3 is 10.6 Å². The largest absolute Gasteiger partial charge is 0.370 e. The third-order valence-corrected chi connectivity index (χ3v) is 6.53. The molecule has 0 amide bonds. The molecule has 0 aromatic carbocycles. The highest BCUT2D eigenvalue weighted by Gasteiger charge is 2.21. The van der Waals surface area contributed by atoms with Crippen molar-refractivity contribution in [3.63, 3.8) is 0 Å². The molecular weight excluding hydrogens is 496 g/mol. The van der Waals surface area contributed by atoms with Gasteiger partial charge in [-0.3, -0.25) is 14.9 Å². The predicted octanol–water partition coefficient (Wildman–Crippen LogP) is 3.34. The Balaban J connectivity index is 1.33. The molecule has 14 heteroatoms. The molecule has 0 fully saturated rings. The van der Waals surface area contributed by atoms with Gasteiger partial charge in [-0.05, 0) is 40.2 Å². The lowest BCUT2D eigenvalue weighted by Gasteiger charge is -2.16. The maximum atomic E-state index is 4.75. The van der Waals surface area contributed by atoms with Gasteiger partial charge in [-0.1, -0.05) is 10.4 Å². The average Bonchev–Trinajstić information content (AvgIpc) is 3.71. The molecule has 0 saturated heterocycles. The molecule has 14 nitrogen and oxygen atoms in total. The maximum absolute atomic E-state index is 4.75. The van der Waals surface area contributed by atoms with Crippen molar-refractivity contribution in [2.75, 3.05) is 17.2 Å². The van der Waals surface area contributed by atoms with Crippen LogP contribution in [-0.4, -0.2) is 72.9 Å². The van der Waals surface area contributed by atoms with Crippen molar-refractivity contribution in [3.05, 3.63) is 36.4 Å². The van der Waals surface area contributed by atoms with E-state index in [9.17, 15) is 0 Å². The van der Waals surface area contributed by atoms with Crippen molar-refractivity contribution in [2.24, 2.45) is 7.05 Å². The fourth-order valence-electron chi connectivity index (χ4n) is 4.68. The molecule has 0 aliphatic carbocycles. The van der Waals surface area contributed by atoms with E-state index in [2.05, 4.69) is 72.3 Å². The van der Waals surface area contributed by atoms with Crippen LogP contribution in [0.3, 0.4) is 0 Å². The summed E-state index contributed by atoms with van der Waals surface area (Å²) in [5, 5.41) is 41.1. The lowest BCUT2D eigenvalue weighted by Crippen LogP contribution is -2.19. The van der Waals surface area contributed by atoms with Crippen molar-refractivity contribution in [1.82, 2.24) is 60.4 Å². The zero-order valence-electron chi connectivity index (χ0n) is 22.4. The Morgan fingerprint density at radius 2 is 1.79 bits per heavy atom. The van der Waals surface area contributed by atoms with Crippen LogP contribution in [0.15, 0.2) is 30.9 Å². The number of anilines is 2. The van der Waals surface area contributed by atoms with Crippen molar-refractivity contribution in [3.8, 4) is 22.8 Å². The molecule has 6 heterocycles. The molecule has 0 bridgehead atoms. The average molecular weight is 527 g/mol. The minimum Gasteiger partial charge on any atom is -0.370 e. The van der Waals surface area contributed by atoms with Crippen LogP contribution in [0.1, 0.15) is 39.3 Å². The lowest BCUT2D eigenvalue weighted by atomic mass is 10.0. The summed E-state index contributed by atoms with van der Waals surface area (Å²) in [6.07, 6.45) is 8.06. The van der Waals surface area contributed by atoms with Crippen molar-refractivity contribution < 1.29 is 0 Å². The van der Waals surface area contributed by atoms with Gasteiger partial charge in [-0.2, -0.15) is 10.2 Å². The van der Waals surface area contributed by atoms with Crippen LogP contribution < -0.4 is 10.6 Å². The third-order valence-electron chi connectivity index (χ3n) is 6.53. The van der Waals surface area contributed by atoms with Crippen LogP contribution in [0.5, 0.6) is 0 Å². The summed E-state index contributed by atoms with van der Waals surface area (Å²) in [5.74, 6) is 1.48. The van der Waals surface area contributed by atoms with Crippen LogP contribution in [0.25, 0.3) is 44.6 Å². The standard InChI is InChI=1S/C25H30N14/c1-6-26-24-20-21(33-35-23(20)18-12-39(13(2)3)37-32-18)15(10-28-24)9-14(4)29-25-19-16(7-8-27-25)30-34-22(19)17-11-38(5)36-31-17/h7-8,10-14H,6,9H2,1-5H3,(H,26,28)(H,27,29)(H,30,34)(H,33,35). The zero-order chi connectivity index (χ0) is 27.1. The molecular formula is C25H30N14. The number of nitrogens with zero attached hydrogens (tertiary/aromatic N) is 10. The minimum absolute atomic E-state index is 0.00431. The first-order valence-corrected chi connectivity index (χ1v) is 12.9. The van der Waals surface area contributed by atoms with Gasteiger partial charge in [0.2, 0.25) is 0 Å². The van der Waals surface area contributed by atoms with Crippen LogP contribution >= 0.6 is 0 Å². The number of pyridine rings is 2. The molecule has 0 spiro atoms. The van der Waals surface area contributed by atoms with E-state index < -0.39 is 0 Å². The van der Waals surface area contributed by atoms with Gasteiger partial charge in [-0.25, -0.2) is 14.6 Å². The first kappa shape index (κ1) is 24.5. The summed E-state index contributed by atoms with van der Waals surface area (Å²) in [6, 6.07) is 2.10. The normalized spacial score (nSPS) is 12.6. The van der Waals surface area contributed by atoms with Gasteiger partial charge in [0.15, 0.2) is 0 Å². The number of hydrogen-bond acceptors (Lipinski definition) is 10. The Hall–Kier alpha value is -4.88. The van der Waals surface area contributed by atoms with E-state index in [0.29, 0.717) is 17.8 Å². The number of hydrogen-bond donors (Lipinski definition) is 4. The van der Waals surface area contributed by atoms with Gasteiger partial charge >= 0.3 is 0 Å². The van der Waals surface area contributed by atoms with Gasteiger partial charge in [0.1, 0.15) is 34.2 Å². The molecule has 39 heavy (non-hydrogen) atoms. The molecule has 0 saturated carbocycles. The van der Waals surface area contributed by atoms with Crippen LogP contribution in [0.4, 0.5) is 11.6 Å². The van der Waals surface area contributed by atoms with Gasteiger partial charge in [0, 0.05) is 43.6 Å². The molecule has 200 valence electrons. The van der Waals surface area contributed by atoms with Crippen molar-refractivity contribution in [2.45, 2.75) is 46.2 Å². The summed E-state index contributed by atoms with van der Waals surface area (Å²) in [6.45, 7) is 9.01. The number of aromatic nitrogens is 12. The lowest BCUT2D eigenvalue weighted by molar-refractivity contribution is 0.514. The van der Waals surface area contributed by atoms with E-state index in [-0.39, 0.29) is 12.1 Å². The Labute approximate surface area is 223 Å². The highest BCUT2D eigenvalue weighted by Crippen LogP contribution is 2.33. The smallest absolute Gasteiger partial charge is 0.137 e. The fourth-order valence-corrected chi connectivity index (χ4v) is 4.68. The first-order chi connectivity index (χ1) is 18.9. The number of fused-ring (bicyclic) bond motifs is 2. The van der Waals surface area contributed by atoms with Crippen molar-refractivity contribution >= 4 is 33.4 Å². The predicted molar refractivity (Wildman–Crippen MR) is 148 cm³/mol. The Morgan fingerprint density at radius 1 is 0.949 bits per heavy atom. The zero-order valence-corrected chi connectivity index (χ0v) is 22.4. The molecule has 6 rings (SSSR count). The number of aryl methyl sites for hydroxylation is 1. The van der Waals surface area contributed by atoms with E-state index >= 15 is 0 Å². The van der Waals surface area contributed by atoms with Crippen LogP contribution in [-0.2, 0) is 13.5 Å². The quantitative estimate of drug-likeness (QED) is 0.219. The Morgan fingerprint density at radius 3 is 2.54 bits per heavy atom. The van der Waals surface area contributed by atoms with Gasteiger partial charge in [-0.15, -0.1) is 10.2 Å². The number of rotatable bonds is 9. The van der Waals surface area contributed by atoms with Crippen molar-refractivity contribution in [1.29, 1.82) is 0 Å². The number of H-pyrrole nitrogens is 2. The molecule has 6 aromatic rings. The SMILES string of the molecule is CCNc1ncc(CC(C)Nc2nccc3[nH]nc(-c4cn(C)nn4)c23)c2n[nH]c(-c3cn(C(C)C)nn3)c12. The van der Waals surface area contributed by atoms with Crippen LogP contribution in [0, 0.1) is 0 Å². The number of aromatic amines is 2. The highest BCUT2D eigenvalue weighted by molar-refractivity contribution is 6.01. The Bertz CT molecular complexity index is 1750. The summed E-state index contributed by atoms with van der Waals surface area (Å²) in [4.78, 5) is 9.38. The summed E-state index contributed by atoms with van der Waals surface area (Å²) >= 11 is 0. The number of nitrogens with one attached hydrogen (secondary N) is 4. The van der Waals surface area contributed by atoms with E-state index in [1.165, 1.54) is 0 Å². The molecule has 0 aliphatic rings. The maximum Gasteiger partial charge on any atom is 0.137 e. The minimum atomic E-state index is 0.00431. The second-order valence-corrected chi connectivity index (χ2v) is 9.84. The second kappa shape index (κ2) is 9.78. The van der Waals surface area contributed by atoms with E-state index in [1.54, 1.807) is 10.9 Å². The van der Waals surface area contributed by atoms with Gasteiger partial charge in [0.25, 0.3) is 0 Å². The third kappa shape index (κ3) is 4.43. The molecule has 0 aliphatic heterocycles. The van der Waals surface area contributed by atoms with Gasteiger partial charge in [0.05, 0.1) is 34.4 Å². The van der Waals surface area contributed by atoms with E-state index in [4.69, 9.17) is 10.1 Å². The van der Waals surface area contributed by atoms with Crippen LogP contribution in [0.2, 0.25) is 0 Å². The summed E-state index contributed by atoms with van der Waals surface area (Å²) in [5.41, 5.74) is 5.61. The molecule has 1 unspecified atom stereocenters. The molecule has 4 N–H and O–H groups in total. The fraction of sp³-hybridized carbons (Fsp3) is 0.360. The molecule has 1 atom stereocenters. The second-order valence-electron chi connectivity index (χ2n) is 9.84. The summed E-state index contributed by atoms with van der Waals surface area (Å²) < 4.78 is 3.48. The molecule has 0 radical (unpaired) electrons. The first-order valence-electron chi connectivity index (χ1n) is 12.9. The Kier molecular flexibility index (Phi) is 6.13. The molecule has 6 aromatic heterocycles. The van der Waals surface area contributed by atoms with E-state index in [1.807, 2.05) is 43.3 Å². The summed E-state index contributed by atoms with van der Waals surface area (Å²) in [7, 11) is 1.83. The highest BCUT2D eigenvalue weighted by atomic mass is 15.4. The van der Waals surface area contributed by atoms with E-state index in [0.717, 1.165) is 56.9 Å².